The van der Waals surface area contributed by atoms with Crippen LogP contribution >= 0.6 is 0 Å². The fourth-order valence-electron chi connectivity index (χ4n) is 4.50. The van der Waals surface area contributed by atoms with E-state index < -0.39 is 0 Å². The summed E-state index contributed by atoms with van der Waals surface area (Å²) in [6, 6.07) is 7.76. The largest absolute Gasteiger partial charge is 0.352 e. The van der Waals surface area contributed by atoms with Crippen molar-refractivity contribution in [2.75, 3.05) is 6.54 Å². The highest BCUT2D eigenvalue weighted by atomic mass is 16.2. The summed E-state index contributed by atoms with van der Waals surface area (Å²) in [7, 11) is 0. The molecular weight excluding hydrogens is 326 g/mol. The van der Waals surface area contributed by atoms with E-state index in [1.807, 2.05) is 25.1 Å². The first-order chi connectivity index (χ1) is 12.6. The number of hydrogen-bond acceptors (Lipinski definition) is 3. The molecule has 2 fully saturated rings. The molecular formula is C21H31N3O2. The Labute approximate surface area is 156 Å². The lowest BCUT2D eigenvalue weighted by atomic mass is 9.65. The SMILES string of the molecule is CCCNC(=O)c1cccc(CNC(=O)C2CC3CCCC(C2)C3N)c1. The van der Waals surface area contributed by atoms with Crippen LogP contribution in [0.4, 0.5) is 0 Å². The Hall–Kier alpha value is -1.88. The molecule has 0 saturated heterocycles. The van der Waals surface area contributed by atoms with Gasteiger partial charge in [0.15, 0.2) is 0 Å². The highest BCUT2D eigenvalue weighted by Gasteiger charge is 2.40. The van der Waals surface area contributed by atoms with Gasteiger partial charge in [0, 0.05) is 30.6 Å². The predicted octanol–water partition coefficient (Wildman–Crippen LogP) is 2.60. The lowest BCUT2D eigenvalue weighted by Gasteiger charge is -2.43. The molecule has 3 rings (SSSR count). The molecule has 2 amide bonds. The van der Waals surface area contributed by atoms with Crippen LogP contribution in [0.1, 0.15) is 61.4 Å². The van der Waals surface area contributed by atoms with E-state index in [9.17, 15) is 9.59 Å². The minimum absolute atomic E-state index is 0.0610. The van der Waals surface area contributed by atoms with Crippen LogP contribution in [-0.2, 0) is 11.3 Å². The number of fused-ring (bicyclic) bond motifs is 2. The molecule has 0 radical (unpaired) electrons. The summed E-state index contributed by atoms with van der Waals surface area (Å²) in [5.41, 5.74) is 7.92. The topological polar surface area (TPSA) is 84.2 Å². The summed E-state index contributed by atoms with van der Waals surface area (Å²) in [5, 5.41) is 5.95. The quantitative estimate of drug-likeness (QED) is 0.732. The van der Waals surface area contributed by atoms with Crippen molar-refractivity contribution in [3.8, 4) is 0 Å². The minimum Gasteiger partial charge on any atom is -0.352 e. The van der Waals surface area contributed by atoms with Gasteiger partial charge in [-0.25, -0.2) is 0 Å². The lowest BCUT2D eigenvalue weighted by Crippen LogP contribution is -2.49. The van der Waals surface area contributed by atoms with Gasteiger partial charge in [0.2, 0.25) is 5.91 Å². The van der Waals surface area contributed by atoms with Crippen LogP contribution < -0.4 is 16.4 Å². The molecule has 2 bridgehead atoms. The fraction of sp³-hybridized carbons (Fsp3) is 0.619. The third-order valence-corrected chi connectivity index (χ3v) is 5.98. The summed E-state index contributed by atoms with van der Waals surface area (Å²) in [6.45, 7) is 3.16. The Balaban J connectivity index is 1.54. The van der Waals surface area contributed by atoms with Gasteiger partial charge in [-0.2, -0.15) is 0 Å². The van der Waals surface area contributed by atoms with Gasteiger partial charge in [-0.3, -0.25) is 9.59 Å². The van der Waals surface area contributed by atoms with Gasteiger partial charge in [-0.1, -0.05) is 25.5 Å². The molecule has 2 aliphatic carbocycles. The van der Waals surface area contributed by atoms with Gasteiger partial charge in [0.25, 0.3) is 5.91 Å². The van der Waals surface area contributed by atoms with E-state index >= 15 is 0 Å². The second-order valence-corrected chi connectivity index (χ2v) is 7.87. The van der Waals surface area contributed by atoms with Crippen molar-refractivity contribution < 1.29 is 9.59 Å². The molecule has 0 aromatic heterocycles. The molecule has 2 atom stereocenters. The Bertz CT molecular complexity index is 632. The highest BCUT2D eigenvalue weighted by molar-refractivity contribution is 5.94. The van der Waals surface area contributed by atoms with Gasteiger partial charge < -0.3 is 16.4 Å². The van der Waals surface area contributed by atoms with Crippen LogP contribution in [0.25, 0.3) is 0 Å². The number of hydrogen-bond donors (Lipinski definition) is 3. The van der Waals surface area contributed by atoms with Crippen LogP contribution in [0.2, 0.25) is 0 Å². The van der Waals surface area contributed by atoms with Gasteiger partial charge in [-0.15, -0.1) is 0 Å². The molecule has 4 N–H and O–H groups in total. The summed E-state index contributed by atoms with van der Waals surface area (Å²) in [6.07, 6.45) is 6.33. The average Bonchev–Trinajstić information content (AvgIpc) is 2.64. The van der Waals surface area contributed by atoms with Crippen molar-refractivity contribution in [2.45, 2.75) is 58.0 Å². The van der Waals surface area contributed by atoms with Crippen LogP contribution in [0.5, 0.6) is 0 Å². The Morgan fingerprint density at radius 2 is 1.88 bits per heavy atom. The second-order valence-electron chi connectivity index (χ2n) is 7.87. The summed E-state index contributed by atoms with van der Waals surface area (Å²) in [5.74, 6) is 1.16. The van der Waals surface area contributed by atoms with Crippen molar-refractivity contribution in [3.05, 3.63) is 35.4 Å². The molecule has 2 unspecified atom stereocenters. The average molecular weight is 357 g/mol. The Kier molecular flexibility index (Phi) is 6.30. The first kappa shape index (κ1) is 18.9. The van der Waals surface area contributed by atoms with E-state index in [0.29, 0.717) is 30.5 Å². The van der Waals surface area contributed by atoms with Crippen LogP contribution in [0, 0.1) is 17.8 Å². The number of nitrogens with one attached hydrogen (secondary N) is 2. The smallest absolute Gasteiger partial charge is 0.251 e. The normalized spacial score (nSPS) is 27.6. The highest BCUT2D eigenvalue weighted by Crippen LogP contribution is 2.41. The molecule has 2 aliphatic rings. The van der Waals surface area contributed by atoms with Gasteiger partial charge in [0.1, 0.15) is 0 Å². The molecule has 2 saturated carbocycles. The molecule has 5 heteroatoms. The molecule has 1 aromatic carbocycles. The standard InChI is InChI=1S/C21H31N3O2/c1-2-9-23-20(25)17-8-3-5-14(10-17)13-24-21(26)18-11-15-6-4-7-16(12-18)19(15)22/h3,5,8,10,15-16,18-19H,2,4,6-7,9,11-13,22H2,1H3,(H,23,25)(H,24,26). The zero-order valence-corrected chi connectivity index (χ0v) is 15.7. The van der Waals surface area contributed by atoms with Crippen molar-refractivity contribution in [2.24, 2.45) is 23.5 Å². The molecule has 0 aliphatic heterocycles. The number of benzene rings is 1. The van der Waals surface area contributed by atoms with E-state index in [1.165, 1.54) is 6.42 Å². The minimum atomic E-state index is -0.0610. The van der Waals surface area contributed by atoms with Gasteiger partial charge >= 0.3 is 0 Å². The predicted molar refractivity (Wildman–Crippen MR) is 102 cm³/mol. The Morgan fingerprint density at radius 1 is 1.15 bits per heavy atom. The first-order valence-corrected chi connectivity index (χ1v) is 9.99. The lowest BCUT2D eigenvalue weighted by molar-refractivity contribution is -0.128. The summed E-state index contributed by atoms with van der Waals surface area (Å²) in [4.78, 5) is 24.7. The first-order valence-electron chi connectivity index (χ1n) is 9.99. The van der Waals surface area contributed by atoms with Crippen molar-refractivity contribution >= 4 is 11.8 Å². The second kappa shape index (κ2) is 8.67. The van der Waals surface area contributed by atoms with E-state index in [0.717, 1.165) is 37.7 Å². The number of rotatable bonds is 6. The third-order valence-electron chi connectivity index (χ3n) is 5.98. The molecule has 1 aromatic rings. The van der Waals surface area contributed by atoms with Crippen LogP contribution in [0.15, 0.2) is 24.3 Å². The van der Waals surface area contributed by atoms with Crippen molar-refractivity contribution in [3.63, 3.8) is 0 Å². The molecule has 142 valence electrons. The summed E-state index contributed by atoms with van der Waals surface area (Å²) >= 11 is 0. The van der Waals surface area contributed by atoms with E-state index in [2.05, 4.69) is 10.6 Å². The number of carbonyl (C=O) groups is 2. The fourth-order valence-corrected chi connectivity index (χ4v) is 4.50. The molecule has 0 heterocycles. The zero-order chi connectivity index (χ0) is 18.5. The maximum absolute atomic E-state index is 12.6. The maximum atomic E-state index is 12.6. The van der Waals surface area contributed by atoms with Crippen molar-refractivity contribution in [1.29, 1.82) is 0 Å². The monoisotopic (exact) mass is 357 g/mol. The third kappa shape index (κ3) is 4.44. The van der Waals surface area contributed by atoms with Gasteiger partial charge in [0.05, 0.1) is 0 Å². The molecule has 0 spiro atoms. The Morgan fingerprint density at radius 3 is 2.58 bits per heavy atom. The zero-order valence-electron chi connectivity index (χ0n) is 15.7. The number of nitrogens with two attached hydrogens (primary N) is 1. The maximum Gasteiger partial charge on any atom is 0.251 e. The number of carbonyl (C=O) groups excluding carboxylic acids is 2. The van der Waals surface area contributed by atoms with Gasteiger partial charge in [-0.05, 0) is 61.6 Å². The van der Waals surface area contributed by atoms with E-state index in [-0.39, 0.29) is 23.8 Å². The summed E-state index contributed by atoms with van der Waals surface area (Å²) < 4.78 is 0. The van der Waals surface area contributed by atoms with Crippen LogP contribution in [-0.4, -0.2) is 24.4 Å². The van der Waals surface area contributed by atoms with Crippen molar-refractivity contribution in [1.82, 2.24) is 10.6 Å². The molecule has 5 nitrogen and oxygen atoms in total. The number of amides is 2. The van der Waals surface area contributed by atoms with Crippen LogP contribution in [0.3, 0.4) is 0 Å². The van der Waals surface area contributed by atoms with E-state index in [4.69, 9.17) is 5.73 Å². The van der Waals surface area contributed by atoms with E-state index in [1.54, 1.807) is 6.07 Å². The molecule has 26 heavy (non-hydrogen) atoms.